The topological polar surface area (TPSA) is 80.4 Å². The molecule has 4 heteroatoms. The first-order valence-corrected chi connectivity index (χ1v) is 3.31. The molecule has 0 rings (SSSR count). The van der Waals surface area contributed by atoms with E-state index in [-0.39, 0.29) is 5.57 Å². The molecule has 0 radical (unpaired) electrons. The molecule has 0 aromatic heterocycles. The van der Waals surface area contributed by atoms with Crippen LogP contribution in [0.4, 0.5) is 0 Å². The fourth-order valence-electron chi connectivity index (χ4n) is 0.685. The van der Waals surface area contributed by atoms with Crippen LogP contribution in [0.2, 0.25) is 0 Å². The van der Waals surface area contributed by atoms with Gasteiger partial charge in [0.2, 0.25) is 5.91 Å². The summed E-state index contributed by atoms with van der Waals surface area (Å²) in [5.41, 5.74) is 5.07. The molecule has 0 aliphatic heterocycles. The minimum Gasteiger partial charge on any atom is -0.478 e. The van der Waals surface area contributed by atoms with Gasteiger partial charge in [-0.25, -0.2) is 4.79 Å². The van der Waals surface area contributed by atoms with Crippen LogP contribution >= 0.6 is 0 Å². The lowest BCUT2D eigenvalue weighted by Crippen LogP contribution is -2.15. The van der Waals surface area contributed by atoms with Crippen LogP contribution in [0.3, 0.4) is 0 Å². The van der Waals surface area contributed by atoms with Gasteiger partial charge in [-0.1, -0.05) is 13.3 Å². The molecule has 0 aliphatic carbocycles. The van der Waals surface area contributed by atoms with Crippen LogP contribution in [-0.2, 0) is 9.59 Å². The Morgan fingerprint density at radius 2 is 2.09 bits per heavy atom. The summed E-state index contributed by atoms with van der Waals surface area (Å²) >= 11 is 0. The number of carbonyl (C=O) groups is 2. The van der Waals surface area contributed by atoms with Gasteiger partial charge in [-0.3, -0.25) is 4.79 Å². The minimum absolute atomic E-state index is 0.167. The number of primary amides is 1. The molecule has 0 atom stereocenters. The van der Waals surface area contributed by atoms with Gasteiger partial charge in [-0.05, 0) is 6.42 Å². The number of aliphatic carboxylic acids is 1. The summed E-state index contributed by atoms with van der Waals surface area (Å²) in [4.78, 5) is 20.6. The Balaban J connectivity index is 4.32. The van der Waals surface area contributed by atoms with E-state index in [2.05, 4.69) is 0 Å². The number of hydrogen-bond donors (Lipinski definition) is 2. The first kappa shape index (κ1) is 9.68. The molecular weight excluding hydrogens is 146 g/mol. The normalized spacial score (nSPS) is 11.2. The maximum atomic E-state index is 10.5. The Morgan fingerprint density at radius 1 is 1.55 bits per heavy atom. The molecule has 1 amide bonds. The monoisotopic (exact) mass is 157 g/mol. The maximum absolute atomic E-state index is 10.5. The Labute approximate surface area is 64.7 Å². The van der Waals surface area contributed by atoms with E-state index in [9.17, 15) is 9.59 Å². The maximum Gasteiger partial charge on any atom is 0.328 e. The predicted octanol–water partition coefficient (Wildman–Crippen LogP) is 0.283. The number of carboxylic acid groups (broad SMARTS) is 1. The Kier molecular flexibility index (Phi) is 3.95. The zero-order valence-electron chi connectivity index (χ0n) is 6.33. The van der Waals surface area contributed by atoms with Gasteiger partial charge in [0.1, 0.15) is 0 Å². The summed E-state index contributed by atoms with van der Waals surface area (Å²) in [6.45, 7) is 1.85. The van der Waals surface area contributed by atoms with Crippen LogP contribution in [-0.4, -0.2) is 17.0 Å². The van der Waals surface area contributed by atoms with Crippen molar-refractivity contribution in [2.75, 3.05) is 0 Å². The molecule has 0 heterocycles. The second-order valence-corrected chi connectivity index (χ2v) is 2.12. The third-order valence-electron chi connectivity index (χ3n) is 1.13. The van der Waals surface area contributed by atoms with Gasteiger partial charge in [-0.15, -0.1) is 0 Å². The molecule has 0 unspecified atom stereocenters. The van der Waals surface area contributed by atoms with Crippen molar-refractivity contribution in [3.63, 3.8) is 0 Å². The van der Waals surface area contributed by atoms with Gasteiger partial charge in [0.05, 0.1) is 0 Å². The van der Waals surface area contributed by atoms with Crippen molar-refractivity contribution in [1.29, 1.82) is 0 Å². The van der Waals surface area contributed by atoms with E-state index in [0.29, 0.717) is 12.8 Å². The molecule has 0 fully saturated rings. The van der Waals surface area contributed by atoms with Crippen molar-refractivity contribution >= 4 is 11.9 Å². The van der Waals surface area contributed by atoms with E-state index in [1.165, 1.54) is 0 Å². The van der Waals surface area contributed by atoms with Crippen molar-refractivity contribution < 1.29 is 14.7 Å². The fraction of sp³-hybridized carbons (Fsp3) is 0.429. The van der Waals surface area contributed by atoms with E-state index in [0.717, 1.165) is 6.08 Å². The zero-order valence-corrected chi connectivity index (χ0v) is 6.33. The number of carboxylic acids is 1. The van der Waals surface area contributed by atoms with Crippen LogP contribution in [0.1, 0.15) is 19.8 Å². The zero-order chi connectivity index (χ0) is 8.85. The molecule has 0 aliphatic rings. The highest BCUT2D eigenvalue weighted by molar-refractivity contribution is 5.97. The molecule has 0 aromatic carbocycles. The van der Waals surface area contributed by atoms with Crippen LogP contribution in [0, 0.1) is 0 Å². The van der Waals surface area contributed by atoms with E-state index < -0.39 is 11.9 Å². The van der Waals surface area contributed by atoms with E-state index in [1.807, 2.05) is 6.92 Å². The van der Waals surface area contributed by atoms with Crippen LogP contribution in [0.5, 0.6) is 0 Å². The smallest absolute Gasteiger partial charge is 0.328 e. The molecule has 0 spiro atoms. The summed E-state index contributed by atoms with van der Waals surface area (Å²) in [7, 11) is 0. The largest absolute Gasteiger partial charge is 0.478 e. The Bertz CT molecular complexity index is 196. The molecule has 0 aromatic rings. The number of rotatable bonds is 4. The summed E-state index contributed by atoms with van der Waals surface area (Å²) in [5, 5.41) is 8.28. The lowest BCUT2D eigenvalue weighted by molar-refractivity contribution is -0.131. The molecule has 3 N–H and O–H groups in total. The van der Waals surface area contributed by atoms with Gasteiger partial charge < -0.3 is 10.8 Å². The second-order valence-electron chi connectivity index (χ2n) is 2.12. The Hall–Kier alpha value is -1.32. The predicted molar refractivity (Wildman–Crippen MR) is 39.8 cm³/mol. The summed E-state index contributed by atoms with van der Waals surface area (Å²) in [6, 6.07) is 0. The SMILES string of the molecule is CCC/C(=C\C(=O)O)C(N)=O. The van der Waals surface area contributed by atoms with Gasteiger partial charge >= 0.3 is 5.97 Å². The number of hydrogen-bond acceptors (Lipinski definition) is 2. The van der Waals surface area contributed by atoms with Crippen LogP contribution in [0.15, 0.2) is 11.6 Å². The molecular formula is C7H11NO3. The molecule has 62 valence electrons. The number of nitrogens with two attached hydrogens (primary N) is 1. The Morgan fingerprint density at radius 3 is 2.36 bits per heavy atom. The standard InChI is InChI=1S/C7H11NO3/c1-2-3-5(7(8)11)4-6(9)10/h4H,2-3H2,1H3,(H2,8,11)(H,9,10)/b5-4+. The molecule has 0 saturated carbocycles. The van der Waals surface area contributed by atoms with Crippen LogP contribution < -0.4 is 5.73 Å². The van der Waals surface area contributed by atoms with Gasteiger partial charge in [0.15, 0.2) is 0 Å². The van der Waals surface area contributed by atoms with Gasteiger partial charge in [-0.2, -0.15) is 0 Å². The quantitative estimate of drug-likeness (QED) is 0.575. The minimum atomic E-state index is -1.13. The van der Waals surface area contributed by atoms with Crippen molar-refractivity contribution in [1.82, 2.24) is 0 Å². The fourth-order valence-corrected chi connectivity index (χ4v) is 0.685. The van der Waals surface area contributed by atoms with Gasteiger partial charge in [0.25, 0.3) is 0 Å². The average Bonchev–Trinajstić information content (AvgIpc) is 1.86. The molecule has 0 saturated heterocycles. The summed E-state index contributed by atoms with van der Waals surface area (Å²) in [5.74, 6) is -1.79. The van der Waals surface area contributed by atoms with E-state index >= 15 is 0 Å². The van der Waals surface area contributed by atoms with Crippen molar-refractivity contribution in [3.8, 4) is 0 Å². The third-order valence-corrected chi connectivity index (χ3v) is 1.13. The third kappa shape index (κ3) is 4.13. The highest BCUT2D eigenvalue weighted by Crippen LogP contribution is 2.02. The van der Waals surface area contributed by atoms with Gasteiger partial charge in [0, 0.05) is 11.6 Å². The highest BCUT2D eigenvalue weighted by Gasteiger charge is 2.04. The van der Waals surface area contributed by atoms with E-state index in [1.54, 1.807) is 0 Å². The second kappa shape index (κ2) is 4.49. The van der Waals surface area contributed by atoms with Crippen molar-refractivity contribution in [2.24, 2.45) is 5.73 Å². The summed E-state index contributed by atoms with van der Waals surface area (Å²) < 4.78 is 0. The molecule has 0 bridgehead atoms. The number of carbonyl (C=O) groups excluding carboxylic acids is 1. The van der Waals surface area contributed by atoms with E-state index in [4.69, 9.17) is 10.8 Å². The number of amides is 1. The first-order chi connectivity index (χ1) is 5.07. The van der Waals surface area contributed by atoms with Crippen LogP contribution in [0.25, 0.3) is 0 Å². The summed E-state index contributed by atoms with van der Waals surface area (Å²) in [6.07, 6.45) is 1.98. The lowest BCUT2D eigenvalue weighted by Gasteiger charge is -1.97. The lowest BCUT2D eigenvalue weighted by atomic mass is 10.1. The molecule has 11 heavy (non-hydrogen) atoms. The first-order valence-electron chi connectivity index (χ1n) is 3.31. The van der Waals surface area contributed by atoms with Crippen molar-refractivity contribution in [2.45, 2.75) is 19.8 Å². The highest BCUT2D eigenvalue weighted by atomic mass is 16.4. The van der Waals surface area contributed by atoms with Crippen molar-refractivity contribution in [3.05, 3.63) is 11.6 Å². The average molecular weight is 157 g/mol. The molecule has 4 nitrogen and oxygen atoms in total.